The third-order valence-corrected chi connectivity index (χ3v) is 15.5. The van der Waals surface area contributed by atoms with Gasteiger partial charge in [0, 0.05) is 49.2 Å². The minimum Gasteiger partial charge on any atom is -0.313 e. The molecule has 0 amide bonds. The van der Waals surface area contributed by atoms with E-state index in [0.717, 1.165) is 44.9 Å². The van der Waals surface area contributed by atoms with E-state index >= 15 is 0 Å². The Hall–Kier alpha value is -5.09. The van der Waals surface area contributed by atoms with Gasteiger partial charge < -0.3 is 4.90 Å². The number of thiophene rings is 1. The summed E-state index contributed by atoms with van der Waals surface area (Å²) in [6, 6.07) is 25.3. The van der Waals surface area contributed by atoms with Crippen LogP contribution in [0.3, 0.4) is 0 Å². The standard InChI is InChI=1S/C54H47NS2/c1-4-14-36(15-5-1)41-32-42(37-16-6-2-7-17-37)34-44(33-41)55(43-29-26-38(27-30-43)40-28-31-47-46-20-10-11-25-51(46)56-52(47)35-40)50-24-13-23-49-48-22-12-21-45(53(48)57-54(49)50)39-18-8-3-9-19-39/h1,3-4,6,8-9,11-12,14,16-19,21-23,25-26,28-35,38,47,52H,2,5,7,10,13,15,20,24,27H2. The van der Waals surface area contributed by atoms with Gasteiger partial charge in [-0.15, -0.1) is 23.1 Å². The molecule has 3 heteroatoms. The fourth-order valence-corrected chi connectivity index (χ4v) is 12.8. The molecule has 3 atom stereocenters. The third kappa shape index (κ3) is 6.50. The van der Waals surface area contributed by atoms with Gasteiger partial charge >= 0.3 is 0 Å². The van der Waals surface area contributed by atoms with Gasteiger partial charge in [0.05, 0.1) is 4.53 Å². The van der Waals surface area contributed by atoms with Crippen LogP contribution < -0.4 is 14.7 Å². The number of anilines is 1. The number of hydrogen-bond acceptors (Lipinski definition) is 3. The first kappa shape index (κ1) is 35.1. The van der Waals surface area contributed by atoms with E-state index < -0.39 is 0 Å². The molecule has 6 aliphatic carbocycles. The lowest BCUT2D eigenvalue weighted by Gasteiger charge is -2.33. The lowest BCUT2D eigenvalue weighted by molar-refractivity contribution is 0.705. The van der Waals surface area contributed by atoms with Gasteiger partial charge in [-0.25, -0.2) is 0 Å². The van der Waals surface area contributed by atoms with E-state index in [-0.39, 0.29) is 0 Å². The molecule has 4 aromatic rings. The summed E-state index contributed by atoms with van der Waals surface area (Å²) in [7, 11) is 0. The van der Waals surface area contributed by atoms with Gasteiger partial charge in [0.25, 0.3) is 0 Å². The first-order valence-electron chi connectivity index (χ1n) is 21.1. The number of thioether (sulfide) groups is 1. The van der Waals surface area contributed by atoms with Gasteiger partial charge in [-0.1, -0.05) is 134 Å². The Morgan fingerprint density at radius 1 is 0.684 bits per heavy atom. The number of benzene rings is 3. The third-order valence-electron chi connectivity index (χ3n) is 12.8. The summed E-state index contributed by atoms with van der Waals surface area (Å²) in [6.45, 7) is 0. The van der Waals surface area contributed by atoms with Crippen molar-refractivity contribution in [1.82, 2.24) is 0 Å². The summed E-state index contributed by atoms with van der Waals surface area (Å²) in [5.74, 6) is 0.953. The highest BCUT2D eigenvalue weighted by Crippen LogP contribution is 2.50. The molecule has 2 heterocycles. The predicted molar refractivity (Wildman–Crippen MR) is 248 cm³/mol. The molecule has 7 aliphatic rings. The van der Waals surface area contributed by atoms with Crippen LogP contribution in [0, 0.1) is 11.8 Å². The van der Waals surface area contributed by atoms with Crippen LogP contribution >= 0.6 is 23.1 Å². The molecule has 0 saturated carbocycles. The van der Waals surface area contributed by atoms with Crippen molar-refractivity contribution >= 4 is 61.8 Å². The molecule has 1 nitrogen and oxygen atoms in total. The Bertz CT molecular complexity index is 2750. The molecule has 11 rings (SSSR count). The Morgan fingerprint density at radius 3 is 2.46 bits per heavy atom. The van der Waals surface area contributed by atoms with Crippen molar-refractivity contribution in [3.05, 3.63) is 194 Å². The number of nitrogens with zero attached hydrogens (tertiary/aromatic N) is 1. The first-order chi connectivity index (χ1) is 28.2. The fourth-order valence-electron chi connectivity index (χ4n) is 9.92. The molecule has 3 aromatic carbocycles. The molecule has 280 valence electrons. The Labute approximate surface area is 345 Å². The smallest absolute Gasteiger partial charge is 0.0551 e. The second-order valence-corrected chi connectivity index (χ2v) is 18.5. The average Bonchev–Trinajstić information content (AvgIpc) is 3.86. The zero-order chi connectivity index (χ0) is 37.7. The van der Waals surface area contributed by atoms with E-state index in [1.165, 1.54) is 93.6 Å². The zero-order valence-corrected chi connectivity index (χ0v) is 34.0. The number of rotatable bonds is 7. The molecule has 0 spiro atoms. The molecule has 0 bridgehead atoms. The van der Waals surface area contributed by atoms with E-state index in [1.54, 1.807) is 5.57 Å². The van der Waals surface area contributed by atoms with E-state index in [4.69, 9.17) is 0 Å². The van der Waals surface area contributed by atoms with Gasteiger partial charge in [0.15, 0.2) is 0 Å². The lowest BCUT2D eigenvalue weighted by atomic mass is 9.81. The minimum absolute atomic E-state index is 0.387. The van der Waals surface area contributed by atoms with Crippen molar-refractivity contribution < 1.29 is 0 Å². The van der Waals surface area contributed by atoms with E-state index in [2.05, 4.69) is 175 Å². The van der Waals surface area contributed by atoms with Crippen molar-refractivity contribution in [2.24, 2.45) is 11.8 Å². The first-order valence-corrected chi connectivity index (χ1v) is 22.8. The average molecular weight is 774 g/mol. The van der Waals surface area contributed by atoms with E-state index in [0.29, 0.717) is 17.1 Å². The number of fused-ring (bicyclic) bond motifs is 5. The minimum atomic E-state index is 0.387. The number of hydrogen-bond donors (Lipinski definition) is 0. The summed E-state index contributed by atoms with van der Waals surface area (Å²) in [5, 5.41) is 3.31. The summed E-state index contributed by atoms with van der Waals surface area (Å²) >= 11 is 4.07. The second-order valence-electron chi connectivity index (χ2n) is 16.3. The fraction of sp³-hybridized carbons (Fsp3) is 0.222. The van der Waals surface area contributed by atoms with Crippen molar-refractivity contribution in [3.8, 4) is 11.1 Å². The summed E-state index contributed by atoms with van der Waals surface area (Å²) in [5.41, 5.74) is 15.1. The van der Waals surface area contributed by atoms with Crippen molar-refractivity contribution in [2.45, 2.75) is 63.0 Å². The van der Waals surface area contributed by atoms with Crippen molar-refractivity contribution in [1.29, 1.82) is 0 Å². The van der Waals surface area contributed by atoms with Gasteiger partial charge in [-0.3, -0.25) is 0 Å². The SMILES string of the molecule is C1=CCCC(c2cc(C3=CCCC=C3)cc(N(C3=CCC(C4=CC5SC6=C(CCC=C6)C5C=C4)C=C3)C3=c4sc5c(-c6ccccc6)cccc5c4=CCC3)c2)=C1. The van der Waals surface area contributed by atoms with Crippen molar-refractivity contribution in [3.63, 3.8) is 0 Å². The molecule has 0 N–H and O–H groups in total. The van der Waals surface area contributed by atoms with Gasteiger partial charge in [0.2, 0.25) is 0 Å². The maximum atomic E-state index is 2.66. The highest BCUT2D eigenvalue weighted by Gasteiger charge is 2.35. The second kappa shape index (κ2) is 15.0. The zero-order valence-electron chi connectivity index (χ0n) is 32.4. The Kier molecular flexibility index (Phi) is 9.25. The van der Waals surface area contributed by atoms with Gasteiger partial charge in [-0.05, 0) is 132 Å². The van der Waals surface area contributed by atoms with Crippen molar-refractivity contribution in [2.75, 3.05) is 4.90 Å². The van der Waals surface area contributed by atoms with E-state index in [1.807, 2.05) is 11.3 Å². The lowest BCUT2D eigenvalue weighted by Crippen LogP contribution is -2.34. The van der Waals surface area contributed by atoms with Crippen LogP contribution in [0.1, 0.15) is 68.9 Å². The Balaban J connectivity index is 1.05. The molecular weight excluding hydrogens is 727 g/mol. The van der Waals surface area contributed by atoms with Crippen LogP contribution in [0.5, 0.6) is 0 Å². The number of allylic oxidation sites excluding steroid dienone is 17. The van der Waals surface area contributed by atoms with Crippen LogP contribution in [0.4, 0.5) is 5.69 Å². The summed E-state index contributed by atoms with van der Waals surface area (Å²) in [4.78, 5) is 4.18. The summed E-state index contributed by atoms with van der Waals surface area (Å²) in [6.07, 6.45) is 46.1. The molecule has 0 radical (unpaired) electrons. The molecular formula is C54H47NS2. The summed E-state index contributed by atoms with van der Waals surface area (Å²) < 4.78 is 2.79. The predicted octanol–water partition coefficient (Wildman–Crippen LogP) is 13.5. The largest absolute Gasteiger partial charge is 0.313 e. The van der Waals surface area contributed by atoms with Gasteiger partial charge in [-0.2, -0.15) is 0 Å². The van der Waals surface area contributed by atoms with E-state index in [9.17, 15) is 0 Å². The van der Waals surface area contributed by atoms with Crippen LogP contribution in [-0.2, 0) is 0 Å². The quantitative estimate of drug-likeness (QED) is 0.184. The van der Waals surface area contributed by atoms with Crippen LogP contribution in [-0.4, -0.2) is 5.25 Å². The maximum Gasteiger partial charge on any atom is 0.0551 e. The monoisotopic (exact) mass is 773 g/mol. The van der Waals surface area contributed by atoms with Crippen LogP contribution in [0.25, 0.3) is 44.1 Å². The topological polar surface area (TPSA) is 3.24 Å². The molecule has 0 fully saturated rings. The molecule has 0 saturated heterocycles. The molecule has 1 aromatic heterocycles. The molecule has 57 heavy (non-hydrogen) atoms. The molecule has 1 aliphatic heterocycles. The highest BCUT2D eigenvalue weighted by molar-refractivity contribution is 8.04. The van der Waals surface area contributed by atoms with Crippen LogP contribution in [0.2, 0.25) is 0 Å². The normalized spacial score (nSPS) is 23.4. The van der Waals surface area contributed by atoms with Crippen LogP contribution in [0.15, 0.2) is 174 Å². The molecule has 3 unspecified atom stereocenters. The Morgan fingerprint density at radius 2 is 1.60 bits per heavy atom. The highest BCUT2D eigenvalue weighted by atomic mass is 32.2. The van der Waals surface area contributed by atoms with Gasteiger partial charge in [0.1, 0.15) is 0 Å². The maximum absolute atomic E-state index is 2.66.